The van der Waals surface area contributed by atoms with E-state index in [-0.39, 0.29) is 6.54 Å². The molecule has 0 heterocycles. The Morgan fingerprint density at radius 1 is 1.47 bits per heavy atom. The SMILES string of the molecule is COc1ccc(OC)c(C(C#N)NCCN=[N+]=[N-])c1. The van der Waals surface area contributed by atoms with Crippen LogP contribution in [-0.4, -0.2) is 27.3 Å². The monoisotopic (exact) mass is 261 g/mol. The molecule has 0 fully saturated rings. The van der Waals surface area contributed by atoms with Gasteiger partial charge in [-0.2, -0.15) is 5.26 Å². The number of hydrogen-bond donors (Lipinski definition) is 1. The van der Waals surface area contributed by atoms with Gasteiger partial charge in [-0.05, 0) is 23.7 Å². The molecule has 100 valence electrons. The molecule has 0 saturated heterocycles. The third-order valence-electron chi connectivity index (χ3n) is 2.50. The smallest absolute Gasteiger partial charge is 0.125 e. The number of methoxy groups -OCH3 is 2. The number of azide groups is 1. The van der Waals surface area contributed by atoms with Crippen molar-refractivity contribution in [2.45, 2.75) is 6.04 Å². The first-order chi connectivity index (χ1) is 9.26. The minimum atomic E-state index is -0.557. The molecule has 0 bridgehead atoms. The molecule has 0 radical (unpaired) electrons. The number of nitriles is 1. The van der Waals surface area contributed by atoms with Crippen LogP contribution in [0.15, 0.2) is 23.3 Å². The predicted molar refractivity (Wildman–Crippen MR) is 69.9 cm³/mol. The van der Waals surface area contributed by atoms with Gasteiger partial charge in [-0.25, -0.2) is 0 Å². The van der Waals surface area contributed by atoms with Crippen LogP contribution in [0.3, 0.4) is 0 Å². The normalized spacial score (nSPS) is 11.0. The number of nitrogens with one attached hydrogen (secondary N) is 1. The second-order valence-corrected chi connectivity index (χ2v) is 3.58. The van der Waals surface area contributed by atoms with E-state index in [2.05, 4.69) is 21.4 Å². The van der Waals surface area contributed by atoms with E-state index in [1.807, 2.05) is 0 Å². The van der Waals surface area contributed by atoms with Crippen LogP contribution in [0.4, 0.5) is 0 Å². The van der Waals surface area contributed by atoms with E-state index in [9.17, 15) is 5.26 Å². The van der Waals surface area contributed by atoms with Gasteiger partial charge in [0.1, 0.15) is 17.5 Å². The first-order valence-electron chi connectivity index (χ1n) is 5.62. The number of nitrogens with zero attached hydrogens (tertiary/aromatic N) is 4. The molecular weight excluding hydrogens is 246 g/mol. The van der Waals surface area contributed by atoms with Crippen LogP contribution >= 0.6 is 0 Å². The van der Waals surface area contributed by atoms with Crippen LogP contribution in [0.1, 0.15) is 11.6 Å². The largest absolute Gasteiger partial charge is 0.497 e. The fraction of sp³-hybridized carbons (Fsp3) is 0.417. The Morgan fingerprint density at radius 2 is 2.26 bits per heavy atom. The van der Waals surface area contributed by atoms with Crippen molar-refractivity contribution >= 4 is 0 Å². The molecule has 7 nitrogen and oxygen atoms in total. The Labute approximate surface area is 111 Å². The summed E-state index contributed by atoms with van der Waals surface area (Å²) in [5, 5.41) is 15.6. The Balaban J connectivity index is 2.89. The number of ether oxygens (including phenoxy) is 2. The Bertz CT molecular complexity index is 505. The van der Waals surface area contributed by atoms with Gasteiger partial charge in [0.15, 0.2) is 0 Å². The summed E-state index contributed by atoms with van der Waals surface area (Å²) in [5.74, 6) is 1.25. The van der Waals surface area contributed by atoms with Gasteiger partial charge < -0.3 is 9.47 Å². The Kier molecular flexibility index (Phi) is 6.03. The quantitative estimate of drug-likeness (QED) is 0.351. The zero-order chi connectivity index (χ0) is 14.1. The summed E-state index contributed by atoms with van der Waals surface area (Å²) in [6.07, 6.45) is 0. The molecule has 1 atom stereocenters. The fourth-order valence-electron chi connectivity index (χ4n) is 1.59. The zero-order valence-electron chi connectivity index (χ0n) is 10.8. The first-order valence-corrected chi connectivity index (χ1v) is 5.62. The molecule has 1 unspecified atom stereocenters. The summed E-state index contributed by atoms with van der Waals surface area (Å²) in [6, 6.07) is 6.83. The summed E-state index contributed by atoms with van der Waals surface area (Å²) < 4.78 is 10.4. The van der Waals surface area contributed by atoms with Gasteiger partial charge in [0.2, 0.25) is 0 Å². The van der Waals surface area contributed by atoms with Crippen LogP contribution in [0.2, 0.25) is 0 Å². The van der Waals surface area contributed by atoms with Crippen LogP contribution in [0.5, 0.6) is 11.5 Å². The van der Waals surface area contributed by atoms with E-state index in [4.69, 9.17) is 15.0 Å². The summed E-state index contributed by atoms with van der Waals surface area (Å²) >= 11 is 0. The van der Waals surface area contributed by atoms with Crippen molar-refractivity contribution in [2.24, 2.45) is 5.11 Å². The van der Waals surface area contributed by atoms with E-state index in [1.54, 1.807) is 32.4 Å². The molecule has 7 heteroatoms. The summed E-state index contributed by atoms with van der Waals surface area (Å²) in [4.78, 5) is 2.65. The molecule has 0 aliphatic carbocycles. The Hall–Kier alpha value is -2.42. The van der Waals surface area contributed by atoms with Gasteiger partial charge in [0, 0.05) is 23.6 Å². The fourth-order valence-corrected chi connectivity index (χ4v) is 1.59. The second kappa shape index (κ2) is 7.82. The first kappa shape index (κ1) is 14.6. The molecule has 0 spiro atoms. The molecule has 0 amide bonds. The zero-order valence-corrected chi connectivity index (χ0v) is 10.8. The maximum Gasteiger partial charge on any atom is 0.125 e. The lowest BCUT2D eigenvalue weighted by atomic mass is 10.1. The molecule has 1 aromatic carbocycles. The number of rotatable bonds is 7. The molecule has 0 saturated carbocycles. The number of benzene rings is 1. The molecule has 19 heavy (non-hydrogen) atoms. The molecule has 1 aromatic rings. The third kappa shape index (κ3) is 4.07. The predicted octanol–water partition coefficient (Wildman–Crippen LogP) is 2.17. The van der Waals surface area contributed by atoms with Crippen molar-refractivity contribution in [3.63, 3.8) is 0 Å². The lowest BCUT2D eigenvalue weighted by Crippen LogP contribution is -2.23. The minimum Gasteiger partial charge on any atom is -0.497 e. The molecule has 1 N–H and O–H groups in total. The van der Waals surface area contributed by atoms with Crippen molar-refractivity contribution in [3.05, 3.63) is 34.2 Å². The maximum absolute atomic E-state index is 9.21. The van der Waals surface area contributed by atoms with E-state index < -0.39 is 6.04 Å². The van der Waals surface area contributed by atoms with Crippen molar-refractivity contribution in [2.75, 3.05) is 27.3 Å². The van der Waals surface area contributed by atoms with Gasteiger partial charge in [0.25, 0.3) is 0 Å². The third-order valence-corrected chi connectivity index (χ3v) is 2.50. The van der Waals surface area contributed by atoms with Crippen molar-refractivity contribution < 1.29 is 9.47 Å². The Morgan fingerprint density at radius 3 is 2.84 bits per heavy atom. The highest BCUT2D eigenvalue weighted by atomic mass is 16.5. The molecule has 0 aliphatic rings. The van der Waals surface area contributed by atoms with Crippen molar-refractivity contribution in [1.82, 2.24) is 5.32 Å². The molecular formula is C12H15N5O2. The summed E-state index contributed by atoms with van der Waals surface area (Å²) in [6.45, 7) is 0.684. The van der Waals surface area contributed by atoms with Crippen LogP contribution in [0.25, 0.3) is 10.4 Å². The van der Waals surface area contributed by atoms with Gasteiger partial charge in [-0.15, -0.1) is 0 Å². The molecule has 0 aromatic heterocycles. The van der Waals surface area contributed by atoms with Gasteiger partial charge in [-0.3, -0.25) is 5.32 Å². The van der Waals surface area contributed by atoms with Gasteiger partial charge in [-0.1, -0.05) is 5.11 Å². The average molecular weight is 261 g/mol. The van der Waals surface area contributed by atoms with E-state index in [0.29, 0.717) is 23.6 Å². The standard InChI is InChI=1S/C12H15N5O2/c1-18-9-3-4-12(19-2)10(7-9)11(8-13)15-5-6-16-17-14/h3-4,7,11,15H,5-6H2,1-2H3. The van der Waals surface area contributed by atoms with Crippen molar-refractivity contribution in [3.8, 4) is 17.6 Å². The minimum absolute atomic E-state index is 0.279. The van der Waals surface area contributed by atoms with Gasteiger partial charge in [0.05, 0.1) is 20.3 Å². The summed E-state index contributed by atoms with van der Waals surface area (Å²) in [7, 11) is 3.10. The van der Waals surface area contributed by atoms with Gasteiger partial charge >= 0.3 is 0 Å². The lowest BCUT2D eigenvalue weighted by Gasteiger charge is -2.15. The highest BCUT2D eigenvalue weighted by molar-refractivity contribution is 5.44. The van der Waals surface area contributed by atoms with Crippen LogP contribution < -0.4 is 14.8 Å². The molecule has 1 rings (SSSR count). The van der Waals surface area contributed by atoms with Crippen LogP contribution in [-0.2, 0) is 0 Å². The highest BCUT2D eigenvalue weighted by Gasteiger charge is 2.15. The van der Waals surface area contributed by atoms with Crippen molar-refractivity contribution in [1.29, 1.82) is 5.26 Å². The highest BCUT2D eigenvalue weighted by Crippen LogP contribution is 2.28. The average Bonchev–Trinajstić information content (AvgIpc) is 2.47. The maximum atomic E-state index is 9.21. The number of hydrogen-bond acceptors (Lipinski definition) is 5. The summed E-state index contributed by atoms with van der Waals surface area (Å²) in [5.41, 5.74) is 8.87. The van der Waals surface area contributed by atoms with E-state index >= 15 is 0 Å². The topological polar surface area (TPSA) is 103 Å². The molecule has 0 aliphatic heterocycles. The lowest BCUT2D eigenvalue weighted by molar-refractivity contribution is 0.395. The second-order valence-electron chi connectivity index (χ2n) is 3.58. The van der Waals surface area contributed by atoms with E-state index in [1.165, 1.54) is 0 Å². The van der Waals surface area contributed by atoms with Crippen LogP contribution in [0, 0.1) is 11.3 Å². The van der Waals surface area contributed by atoms with E-state index in [0.717, 1.165) is 0 Å².